The van der Waals surface area contributed by atoms with E-state index < -0.39 is 5.41 Å². The molecule has 136 valence electrons. The standard InChI is InChI=1S/C24H22O3/c1-16(25)18-13-19(17(2)26)15-22(14-18)24(3,20-7-5-4-6-8-20)21-9-11-23(27)12-10-21/h4-15,27H,1-3H3. The molecule has 3 aromatic rings. The molecule has 27 heavy (non-hydrogen) atoms. The van der Waals surface area contributed by atoms with Crippen molar-refractivity contribution in [1.82, 2.24) is 0 Å². The second-order valence-electron chi connectivity index (χ2n) is 6.95. The van der Waals surface area contributed by atoms with Gasteiger partial charge in [-0.05, 0) is 67.8 Å². The van der Waals surface area contributed by atoms with Crippen LogP contribution in [0.25, 0.3) is 0 Å². The first-order valence-corrected chi connectivity index (χ1v) is 8.85. The highest BCUT2D eigenvalue weighted by atomic mass is 16.3. The average Bonchev–Trinajstić information content (AvgIpc) is 2.68. The summed E-state index contributed by atoms with van der Waals surface area (Å²) in [5, 5.41) is 9.71. The van der Waals surface area contributed by atoms with Crippen molar-refractivity contribution in [3.05, 3.63) is 101 Å². The minimum atomic E-state index is -0.593. The van der Waals surface area contributed by atoms with E-state index in [4.69, 9.17) is 0 Å². The van der Waals surface area contributed by atoms with Gasteiger partial charge in [0.25, 0.3) is 0 Å². The van der Waals surface area contributed by atoms with Crippen LogP contribution in [-0.4, -0.2) is 16.7 Å². The van der Waals surface area contributed by atoms with Crippen LogP contribution >= 0.6 is 0 Å². The van der Waals surface area contributed by atoms with Gasteiger partial charge in [-0.15, -0.1) is 0 Å². The summed E-state index contributed by atoms with van der Waals surface area (Å²) in [4.78, 5) is 24.1. The van der Waals surface area contributed by atoms with E-state index in [2.05, 4.69) is 6.92 Å². The minimum absolute atomic E-state index is 0.0829. The molecule has 0 aliphatic heterocycles. The zero-order valence-corrected chi connectivity index (χ0v) is 15.7. The Balaban J connectivity index is 2.33. The molecule has 3 nitrogen and oxygen atoms in total. The predicted octanol–water partition coefficient (Wildman–Crippen LogP) is 5.15. The van der Waals surface area contributed by atoms with Crippen molar-refractivity contribution in [3.8, 4) is 5.75 Å². The van der Waals surface area contributed by atoms with Crippen molar-refractivity contribution >= 4 is 11.6 Å². The topological polar surface area (TPSA) is 54.4 Å². The third-order valence-electron chi connectivity index (χ3n) is 5.12. The Hall–Kier alpha value is -3.20. The van der Waals surface area contributed by atoms with Crippen molar-refractivity contribution in [2.24, 2.45) is 0 Å². The summed E-state index contributed by atoms with van der Waals surface area (Å²) in [5.74, 6) is 0.0250. The van der Waals surface area contributed by atoms with Crippen molar-refractivity contribution in [2.75, 3.05) is 0 Å². The molecule has 3 heteroatoms. The van der Waals surface area contributed by atoms with E-state index in [1.807, 2.05) is 54.6 Å². The van der Waals surface area contributed by atoms with Gasteiger partial charge >= 0.3 is 0 Å². The Bertz CT molecular complexity index is 956. The highest BCUT2D eigenvalue weighted by Gasteiger charge is 2.32. The molecule has 0 saturated heterocycles. The molecule has 3 aromatic carbocycles. The van der Waals surface area contributed by atoms with Crippen LogP contribution < -0.4 is 0 Å². The fraction of sp³-hybridized carbons (Fsp3) is 0.167. The largest absolute Gasteiger partial charge is 0.508 e. The molecule has 1 N–H and O–H groups in total. The summed E-state index contributed by atoms with van der Waals surface area (Å²) in [6.45, 7) is 5.07. The molecule has 0 aliphatic carbocycles. The van der Waals surface area contributed by atoms with Gasteiger partial charge in [-0.2, -0.15) is 0 Å². The Morgan fingerprint density at radius 2 is 1.19 bits per heavy atom. The normalized spacial score (nSPS) is 13.0. The van der Waals surface area contributed by atoms with Gasteiger partial charge in [0.05, 0.1) is 0 Å². The van der Waals surface area contributed by atoms with Gasteiger partial charge < -0.3 is 5.11 Å². The number of Topliss-reactive ketones (excluding diaryl/α,β-unsaturated/α-hetero) is 2. The van der Waals surface area contributed by atoms with E-state index in [9.17, 15) is 14.7 Å². The molecule has 1 atom stereocenters. The van der Waals surface area contributed by atoms with Crippen LogP contribution in [0.4, 0.5) is 0 Å². The Kier molecular flexibility index (Phi) is 4.95. The summed E-state index contributed by atoms with van der Waals surface area (Å²) in [6, 6.07) is 22.3. The molecule has 1 unspecified atom stereocenters. The van der Waals surface area contributed by atoms with Crippen molar-refractivity contribution in [2.45, 2.75) is 26.2 Å². The summed E-state index contributed by atoms with van der Waals surface area (Å²) < 4.78 is 0. The molecule has 0 heterocycles. The Morgan fingerprint density at radius 3 is 1.67 bits per heavy atom. The van der Waals surface area contributed by atoms with Gasteiger partial charge in [0.15, 0.2) is 11.6 Å². The van der Waals surface area contributed by atoms with E-state index in [-0.39, 0.29) is 17.3 Å². The maximum absolute atomic E-state index is 12.1. The minimum Gasteiger partial charge on any atom is -0.508 e. The zero-order chi connectivity index (χ0) is 19.6. The van der Waals surface area contributed by atoms with Crippen LogP contribution in [-0.2, 0) is 5.41 Å². The van der Waals surface area contributed by atoms with Crippen LogP contribution in [0, 0.1) is 0 Å². The lowest BCUT2D eigenvalue weighted by Crippen LogP contribution is -2.26. The lowest BCUT2D eigenvalue weighted by Gasteiger charge is -2.32. The van der Waals surface area contributed by atoms with E-state index in [1.165, 1.54) is 13.8 Å². The van der Waals surface area contributed by atoms with Gasteiger partial charge in [0, 0.05) is 16.5 Å². The number of phenols is 1. The number of aromatic hydroxyl groups is 1. The maximum Gasteiger partial charge on any atom is 0.159 e. The van der Waals surface area contributed by atoms with Crippen molar-refractivity contribution in [3.63, 3.8) is 0 Å². The number of hydrogen-bond donors (Lipinski definition) is 1. The highest BCUT2D eigenvalue weighted by Crippen LogP contribution is 2.40. The molecular weight excluding hydrogens is 336 g/mol. The molecule has 0 aromatic heterocycles. The lowest BCUT2D eigenvalue weighted by molar-refractivity contribution is 0.101. The van der Waals surface area contributed by atoms with Gasteiger partial charge in [-0.25, -0.2) is 0 Å². The summed E-state index contributed by atoms with van der Waals surface area (Å²) in [6.07, 6.45) is 0. The molecule has 0 aliphatic rings. The smallest absolute Gasteiger partial charge is 0.159 e. The Morgan fingerprint density at radius 1 is 0.704 bits per heavy atom. The van der Waals surface area contributed by atoms with Gasteiger partial charge in [-0.3, -0.25) is 9.59 Å². The second kappa shape index (κ2) is 7.20. The Labute approximate surface area is 159 Å². The number of phenolic OH excluding ortho intramolecular Hbond substituents is 1. The molecule has 0 amide bonds. The average molecular weight is 358 g/mol. The third-order valence-corrected chi connectivity index (χ3v) is 5.12. The van der Waals surface area contributed by atoms with Crippen LogP contribution in [0.1, 0.15) is 58.2 Å². The highest BCUT2D eigenvalue weighted by molar-refractivity contribution is 6.00. The molecule has 0 spiro atoms. The summed E-state index contributed by atoms with van der Waals surface area (Å²) in [5.41, 5.74) is 3.28. The number of carbonyl (C=O) groups is 2. The van der Waals surface area contributed by atoms with Crippen LogP contribution in [0.3, 0.4) is 0 Å². The molecule has 0 radical (unpaired) electrons. The van der Waals surface area contributed by atoms with E-state index in [0.29, 0.717) is 11.1 Å². The van der Waals surface area contributed by atoms with Crippen molar-refractivity contribution < 1.29 is 14.7 Å². The monoisotopic (exact) mass is 358 g/mol. The summed E-state index contributed by atoms with van der Waals surface area (Å²) in [7, 11) is 0. The molecule has 0 saturated carbocycles. The van der Waals surface area contributed by atoms with Gasteiger partial charge in [0.2, 0.25) is 0 Å². The zero-order valence-electron chi connectivity index (χ0n) is 15.7. The predicted molar refractivity (Wildman–Crippen MR) is 107 cm³/mol. The van der Waals surface area contributed by atoms with Gasteiger partial charge in [0.1, 0.15) is 5.75 Å². The number of carbonyl (C=O) groups excluding carboxylic acids is 2. The van der Waals surface area contributed by atoms with Crippen LogP contribution in [0.5, 0.6) is 5.75 Å². The first-order chi connectivity index (χ1) is 12.8. The fourth-order valence-corrected chi connectivity index (χ4v) is 3.39. The van der Waals surface area contributed by atoms with E-state index >= 15 is 0 Å². The number of ketones is 2. The number of rotatable bonds is 5. The summed E-state index contributed by atoms with van der Waals surface area (Å²) >= 11 is 0. The van der Waals surface area contributed by atoms with Crippen molar-refractivity contribution in [1.29, 1.82) is 0 Å². The first kappa shape index (κ1) is 18.6. The third kappa shape index (κ3) is 3.54. The fourth-order valence-electron chi connectivity index (χ4n) is 3.39. The van der Waals surface area contributed by atoms with E-state index in [1.54, 1.807) is 18.2 Å². The maximum atomic E-state index is 12.1. The number of benzene rings is 3. The second-order valence-corrected chi connectivity index (χ2v) is 6.95. The number of hydrogen-bond acceptors (Lipinski definition) is 3. The van der Waals surface area contributed by atoms with Gasteiger partial charge in [-0.1, -0.05) is 42.5 Å². The van der Waals surface area contributed by atoms with Crippen LogP contribution in [0.15, 0.2) is 72.8 Å². The van der Waals surface area contributed by atoms with Crippen LogP contribution in [0.2, 0.25) is 0 Å². The molecule has 3 rings (SSSR count). The first-order valence-electron chi connectivity index (χ1n) is 8.85. The molecular formula is C24H22O3. The quantitative estimate of drug-likeness (QED) is 0.507. The van der Waals surface area contributed by atoms with E-state index in [0.717, 1.165) is 16.7 Å². The lowest BCUT2D eigenvalue weighted by atomic mass is 9.70. The molecule has 0 bridgehead atoms. The SMILES string of the molecule is CC(=O)c1cc(C(C)=O)cc(C(C)(c2ccccc2)c2ccc(O)cc2)c1. The molecule has 0 fully saturated rings.